The highest BCUT2D eigenvalue weighted by Gasteiger charge is 2.35. The predicted octanol–water partition coefficient (Wildman–Crippen LogP) is 5.17. The molecule has 0 spiro atoms. The zero-order chi connectivity index (χ0) is 19.3. The minimum Gasteiger partial charge on any atom is -0.339 e. The van der Waals surface area contributed by atoms with Crippen LogP contribution in [0.2, 0.25) is 0 Å². The number of aryl methyl sites for hydroxylation is 1. The van der Waals surface area contributed by atoms with Gasteiger partial charge in [0.25, 0.3) is 5.91 Å². The number of thiocarbonyl (C=S) groups is 1. The van der Waals surface area contributed by atoms with Crippen LogP contribution < -0.4 is 16.0 Å². The molecule has 2 aromatic carbocycles. The van der Waals surface area contributed by atoms with Crippen LogP contribution in [0.15, 0.2) is 53.0 Å². The molecule has 2 rings (SSSR count). The van der Waals surface area contributed by atoms with E-state index < -0.39 is 15.9 Å². The third-order valence-electron chi connectivity index (χ3n) is 3.39. The van der Waals surface area contributed by atoms with Gasteiger partial charge in [-0.25, -0.2) is 0 Å². The van der Waals surface area contributed by atoms with Gasteiger partial charge in [0.1, 0.15) is 6.17 Å². The Labute approximate surface area is 180 Å². The van der Waals surface area contributed by atoms with Gasteiger partial charge in [0.15, 0.2) is 5.11 Å². The first kappa shape index (κ1) is 21.3. The number of carbonyl (C=O) groups is 1. The minimum absolute atomic E-state index is 0.211. The van der Waals surface area contributed by atoms with Crippen LogP contribution in [0, 0.1) is 6.92 Å². The number of carbonyl (C=O) groups excluding carboxylic acids is 1. The van der Waals surface area contributed by atoms with Gasteiger partial charge in [-0.2, -0.15) is 0 Å². The number of halogens is 4. The van der Waals surface area contributed by atoms with Crippen molar-refractivity contribution in [2.24, 2.45) is 0 Å². The van der Waals surface area contributed by atoms with Gasteiger partial charge < -0.3 is 16.0 Å². The number of rotatable bonds is 4. The summed E-state index contributed by atoms with van der Waals surface area (Å²) in [7, 11) is 0. The van der Waals surface area contributed by atoms with Crippen LogP contribution in [-0.2, 0) is 0 Å². The fourth-order valence-electron chi connectivity index (χ4n) is 2.06. The van der Waals surface area contributed by atoms with Crippen LogP contribution in [0.4, 0.5) is 5.69 Å². The number of amides is 1. The molecule has 0 heterocycles. The van der Waals surface area contributed by atoms with Crippen LogP contribution in [-0.4, -0.2) is 21.0 Å². The molecule has 0 radical (unpaired) electrons. The standard InChI is InChI=1S/C17H15BrCl3N3OS/c1-10-6-2-5-9-13(10)22-16(26)24-15(17(19,20)21)23-14(25)11-7-3-4-8-12(11)18/h2-9,15H,1H3,(H,23,25)(H2,22,24,26)/t15-/m0/s1. The van der Waals surface area contributed by atoms with Crippen LogP contribution in [0.5, 0.6) is 0 Å². The molecule has 3 N–H and O–H groups in total. The number of alkyl halides is 3. The molecule has 0 fully saturated rings. The van der Waals surface area contributed by atoms with Crippen molar-refractivity contribution in [2.75, 3.05) is 5.32 Å². The number of benzene rings is 2. The zero-order valence-corrected chi connectivity index (χ0v) is 18.2. The van der Waals surface area contributed by atoms with Crippen LogP contribution in [0.3, 0.4) is 0 Å². The van der Waals surface area contributed by atoms with Gasteiger partial charge in [-0.3, -0.25) is 4.79 Å². The van der Waals surface area contributed by atoms with Gasteiger partial charge in [0.05, 0.1) is 5.56 Å². The van der Waals surface area contributed by atoms with Crippen molar-refractivity contribution in [3.63, 3.8) is 0 Å². The summed E-state index contributed by atoms with van der Waals surface area (Å²) >= 11 is 26.6. The van der Waals surface area contributed by atoms with Gasteiger partial charge in [0.2, 0.25) is 3.79 Å². The maximum atomic E-state index is 12.5. The molecule has 138 valence electrons. The van der Waals surface area contributed by atoms with E-state index in [1.54, 1.807) is 24.3 Å². The largest absolute Gasteiger partial charge is 0.339 e. The van der Waals surface area contributed by atoms with Crippen molar-refractivity contribution >= 4 is 79.7 Å². The molecule has 0 unspecified atom stereocenters. The maximum Gasteiger partial charge on any atom is 0.254 e. The Morgan fingerprint density at radius 1 is 1.08 bits per heavy atom. The molecule has 1 amide bonds. The molecule has 4 nitrogen and oxygen atoms in total. The zero-order valence-electron chi connectivity index (χ0n) is 13.5. The molecule has 0 aliphatic rings. The molecule has 0 aliphatic heterocycles. The number of hydrogen-bond acceptors (Lipinski definition) is 2. The van der Waals surface area contributed by atoms with E-state index in [1.807, 2.05) is 31.2 Å². The molecule has 0 aliphatic carbocycles. The van der Waals surface area contributed by atoms with Gasteiger partial charge in [0, 0.05) is 10.2 Å². The quantitative estimate of drug-likeness (QED) is 0.311. The van der Waals surface area contributed by atoms with E-state index in [4.69, 9.17) is 47.0 Å². The molecule has 26 heavy (non-hydrogen) atoms. The Bertz CT molecular complexity index is 814. The second kappa shape index (κ2) is 9.24. The molecular weight excluding hydrogens is 481 g/mol. The van der Waals surface area contributed by atoms with E-state index in [0.717, 1.165) is 11.3 Å². The number of anilines is 1. The van der Waals surface area contributed by atoms with Crippen molar-refractivity contribution in [3.8, 4) is 0 Å². The lowest BCUT2D eigenvalue weighted by atomic mass is 10.2. The lowest BCUT2D eigenvalue weighted by molar-refractivity contribution is 0.0934. The third-order valence-corrected chi connectivity index (χ3v) is 4.96. The number of hydrogen-bond donors (Lipinski definition) is 3. The number of para-hydroxylation sites is 1. The summed E-state index contributed by atoms with van der Waals surface area (Å²) in [6.45, 7) is 1.94. The number of nitrogens with one attached hydrogen (secondary N) is 3. The molecule has 2 aromatic rings. The van der Waals surface area contributed by atoms with E-state index in [2.05, 4.69) is 31.9 Å². The van der Waals surface area contributed by atoms with Gasteiger partial charge >= 0.3 is 0 Å². The topological polar surface area (TPSA) is 53.2 Å². The van der Waals surface area contributed by atoms with Crippen LogP contribution in [0.1, 0.15) is 15.9 Å². The van der Waals surface area contributed by atoms with Gasteiger partial charge in [-0.05, 0) is 58.8 Å². The van der Waals surface area contributed by atoms with Crippen molar-refractivity contribution < 1.29 is 4.79 Å². The predicted molar refractivity (Wildman–Crippen MR) is 116 cm³/mol. The van der Waals surface area contributed by atoms with Gasteiger partial charge in [-0.15, -0.1) is 0 Å². The van der Waals surface area contributed by atoms with Crippen LogP contribution >= 0.6 is 63.0 Å². The lowest BCUT2D eigenvalue weighted by Crippen LogP contribution is -2.56. The van der Waals surface area contributed by atoms with E-state index in [1.165, 1.54) is 0 Å². The second-order valence-corrected chi connectivity index (χ2v) is 8.97. The first-order valence-corrected chi connectivity index (χ1v) is 9.77. The lowest BCUT2D eigenvalue weighted by Gasteiger charge is -2.28. The fraction of sp³-hybridized carbons (Fsp3) is 0.176. The Morgan fingerprint density at radius 2 is 1.69 bits per heavy atom. The van der Waals surface area contributed by atoms with Gasteiger partial charge in [-0.1, -0.05) is 65.1 Å². The fourth-order valence-corrected chi connectivity index (χ4v) is 3.08. The average molecular weight is 496 g/mol. The summed E-state index contributed by atoms with van der Waals surface area (Å²) in [6.07, 6.45) is -1.05. The van der Waals surface area contributed by atoms with E-state index in [-0.39, 0.29) is 5.11 Å². The van der Waals surface area contributed by atoms with E-state index in [9.17, 15) is 4.79 Å². The molecule has 9 heteroatoms. The maximum absolute atomic E-state index is 12.5. The van der Waals surface area contributed by atoms with Crippen molar-refractivity contribution in [1.29, 1.82) is 0 Å². The summed E-state index contributed by atoms with van der Waals surface area (Å²) in [4.78, 5) is 12.5. The summed E-state index contributed by atoms with van der Waals surface area (Å²) in [6, 6.07) is 14.5. The highest BCUT2D eigenvalue weighted by Crippen LogP contribution is 2.29. The Balaban J connectivity index is 2.10. The van der Waals surface area contributed by atoms with Crippen molar-refractivity contribution in [2.45, 2.75) is 16.9 Å². The first-order chi connectivity index (χ1) is 12.2. The average Bonchev–Trinajstić information content (AvgIpc) is 2.56. The third kappa shape index (κ3) is 5.99. The monoisotopic (exact) mass is 493 g/mol. The van der Waals surface area contributed by atoms with Crippen molar-refractivity contribution in [1.82, 2.24) is 10.6 Å². The Hall–Kier alpha value is -1.05. The Kier molecular flexibility index (Phi) is 7.55. The first-order valence-electron chi connectivity index (χ1n) is 7.43. The summed E-state index contributed by atoms with van der Waals surface area (Å²) in [5, 5.41) is 8.70. The molecule has 0 aromatic heterocycles. The molecule has 0 bridgehead atoms. The summed E-state index contributed by atoms with van der Waals surface area (Å²) < 4.78 is -1.20. The van der Waals surface area contributed by atoms with E-state index in [0.29, 0.717) is 10.0 Å². The molecule has 0 saturated heterocycles. The SMILES string of the molecule is Cc1ccccc1NC(=S)N[C@H](NC(=O)c1ccccc1Br)C(Cl)(Cl)Cl. The second-order valence-electron chi connectivity index (χ2n) is 5.34. The summed E-state index contributed by atoms with van der Waals surface area (Å²) in [5.41, 5.74) is 2.22. The van der Waals surface area contributed by atoms with E-state index >= 15 is 0 Å². The highest BCUT2D eigenvalue weighted by molar-refractivity contribution is 9.10. The molecule has 1 atom stereocenters. The molecular formula is C17H15BrCl3N3OS. The molecule has 0 saturated carbocycles. The highest BCUT2D eigenvalue weighted by atomic mass is 79.9. The van der Waals surface area contributed by atoms with Crippen LogP contribution in [0.25, 0.3) is 0 Å². The summed E-state index contributed by atoms with van der Waals surface area (Å²) in [5.74, 6) is -0.417. The van der Waals surface area contributed by atoms with Crippen molar-refractivity contribution in [3.05, 3.63) is 64.1 Å². The Morgan fingerprint density at radius 3 is 2.31 bits per heavy atom. The normalized spacial score (nSPS) is 12.2. The minimum atomic E-state index is -1.83. The smallest absolute Gasteiger partial charge is 0.254 e.